The Kier molecular flexibility index (Phi) is 5.68. The van der Waals surface area contributed by atoms with Crippen molar-refractivity contribution in [3.05, 3.63) is 34.2 Å². The molecular weight excluding hydrogens is 336 g/mol. The van der Waals surface area contributed by atoms with Crippen LogP contribution in [0.3, 0.4) is 0 Å². The summed E-state index contributed by atoms with van der Waals surface area (Å²) in [6.07, 6.45) is 2.36. The van der Waals surface area contributed by atoms with Crippen molar-refractivity contribution >= 4 is 20.1 Å². The summed E-state index contributed by atoms with van der Waals surface area (Å²) < 4.78 is 7.72. The summed E-state index contributed by atoms with van der Waals surface area (Å²) in [7, 11) is -1.86. The normalized spacial score (nSPS) is 19.0. The van der Waals surface area contributed by atoms with Crippen molar-refractivity contribution in [2.45, 2.75) is 64.2 Å². The van der Waals surface area contributed by atoms with Crippen LogP contribution in [0, 0.1) is 0 Å². The zero-order valence-corrected chi connectivity index (χ0v) is 16.7. The Morgan fingerprint density at radius 1 is 1.28 bits per heavy atom. The monoisotopic (exact) mass is 364 g/mol. The van der Waals surface area contributed by atoms with E-state index in [9.17, 15) is 14.4 Å². The molecule has 1 aliphatic heterocycles. The molecule has 0 bridgehead atoms. The standard InChI is InChI=1S/C18H28N2O4Si/c1-18(2,3)25(4,5)24-12-11-20-10-6-7-14(17(20)23)13-8-9-15(21)19-16(13)22/h6-7,10,13H,8-9,11-12H2,1-5H3,(H,19,21,22). The van der Waals surface area contributed by atoms with Crippen LogP contribution >= 0.6 is 0 Å². The van der Waals surface area contributed by atoms with E-state index in [0.717, 1.165) is 0 Å². The lowest BCUT2D eigenvalue weighted by molar-refractivity contribution is -0.134. The van der Waals surface area contributed by atoms with E-state index in [4.69, 9.17) is 4.43 Å². The highest BCUT2D eigenvalue weighted by atomic mass is 28.4. The number of imide groups is 1. The van der Waals surface area contributed by atoms with Gasteiger partial charge in [0.05, 0.1) is 12.5 Å². The minimum Gasteiger partial charge on any atom is -0.415 e. The predicted molar refractivity (Wildman–Crippen MR) is 99.0 cm³/mol. The van der Waals surface area contributed by atoms with Crippen LogP contribution in [0.1, 0.15) is 45.1 Å². The van der Waals surface area contributed by atoms with Gasteiger partial charge < -0.3 is 8.99 Å². The zero-order valence-electron chi connectivity index (χ0n) is 15.7. The van der Waals surface area contributed by atoms with Gasteiger partial charge in [-0.05, 0) is 30.6 Å². The van der Waals surface area contributed by atoms with Gasteiger partial charge in [-0.3, -0.25) is 19.7 Å². The maximum atomic E-state index is 12.7. The van der Waals surface area contributed by atoms with Gasteiger partial charge in [0.25, 0.3) is 5.56 Å². The smallest absolute Gasteiger partial charge is 0.254 e. The number of hydrogen-bond donors (Lipinski definition) is 1. The second-order valence-electron chi connectivity index (χ2n) is 8.07. The first kappa shape index (κ1) is 19.6. The summed E-state index contributed by atoms with van der Waals surface area (Å²) in [5.41, 5.74) is 0.260. The average Bonchev–Trinajstić information content (AvgIpc) is 2.48. The molecule has 2 amide bonds. The summed E-state index contributed by atoms with van der Waals surface area (Å²) in [6, 6.07) is 3.44. The van der Waals surface area contributed by atoms with Crippen LogP contribution in [0.2, 0.25) is 18.1 Å². The first-order valence-corrected chi connectivity index (χ1v) is 11.6. The topological polar surface area (TPSA) is 77.4 Å². The molecule has 6 nitrogen and oxygen atoms in total. The fourth-order valence-corrected chi connectivity index (χ4v) is 3.64. The van der Waals surface area contributed by atoms with Gasteiger partial charge in [-0.15, -0.1) is 0 Å². The summed E-state index contributed by atoms with van der Waals surface area (Å²) in [5, 5.41) is 2.43. The number of hydrogen-bond acceptors (Lipinski definition) is 4. The number of nitrogens with one attached hydrogen (secondary N) is 1. The van der Waals surface area contributed by atoms with Crippen LogP contribution < -0.4 is 10.9 Å². The second-order valence-corrected chi connectivity index (χ2v) is 12.9. The first-order chi connectivity index (χ1) is 11.5. The van der Waals surface area contributed by atoms with Crippen molar-refractivity contribution in [2.24, 2.45) is 0 Å². The van der Waals surface area contributed by atoms with Gasteiger partial charge >= 0.3 is 0 Å². The molecule has 1 saturated heterocycles. The van der Waals surface area contributed by atoms with E-state index in [2.05, 4.69) is 39.2 Å². The minimum absolute atomic E-state index is 0.118. The van der Waals surface area contributed by atoms with Gasteiger partial charge in [0.2, 0.25) is 11.8 Å². The Bertz CT molecular complexity index is 719. The van der Waals surface area contributed by atoms with E-state index in [1.807, 2.05) is 0 Å². The Balaban J connectivity index is 2.10. The summed E-state index contributed by atoms with van der Waals surface area (Å²) in [6.45, 7) is 11.8. The lowest BCUT2D eigenvalue weighted by atomic mass is 9.91. The van der Waals surface area contributed by atoms with Gasteiger partial charge in [-0.25, -0.2) is 0 Å². The van der Waals surface area contributed by atoms with Crippen LogP contribution in [0.25, 0.3) is 0 Å². The lowest BCUT2D eigenvalue weighted by Gasteiger charge is -2.36. The van der Waals surface area contributed by atoms with Crippen molar-refractivity contribution in [2.75, 3.05) is 6.61 Å². The molecule has 1 unspecified atom stereocenters. The highest BCUT2D eigenvalue weighted by Gasteiger charge is 2.37. The average molecular weight is 365 g/mol. The van der Waals surface area contributed by atoms with E-state index in [-0.39, 0.29) is 28.8 Å². The quantitative estimate of drug-likeness (QED) is 0.643. The van der Waals surface area contributed by atoms with Crippen LogP contribution in [-0.2, 0) is 20.6 Å². The molecule has 2 heterocycles. The molecule has 1 fully saturated rings. The van der Waals surface area contributed by atoms with Gasteiger partial charge in [-0.1, -0.05) is 26.8 Å². The summed E-state index contributed by atoms with van der Waals surface area (Å²) in [4.78, 5) is 36.0. The molecule has 0 radical (unpaired) electrons. The van der Waals surface area contributed by atoms with Crippen LogP contribution in [-0.4, -0.2) is 31.3 Å². The number of amides is 2. The van der Waals surface area contributed by atoms with Crippen LogP contribution in [0.4, 0.5) is 0 Å². The molecule has 1 aromatic heterocycles. The molecule has 0 aromatic carbocycles. The van der Waals surface area contributed by atoms with Crippen LogP contribution in [0.15, 0.2) is 23.1 Å². The van der Waals surface area contributed by atoms with E-state index in [0.29, 0.717) is 25.1 Å². The lowest BCUT2D eigenvalue weighted by Crippen LogP contribution is -2.43. The van der Waals surface area contributed by atoms with Crippen molar-refractivity contribution in [1.29, 1.82) is 0 Å². The fraction of sp³-hybridized carbons (Fsp3) is 0.611. The van der Waals surface area contributed by atoms with Gasteiger partial charge in [0.1, 0.15) is 0 Å². The predicted octanol–water partition coefficient (Wildman–Crippen LogP) is 2.39. The number of pyridine rings is 1. The van der Waals surface area contributed by atoms with Crippen molar-refractivity contribution < 1.29 is 14.0 Å². The minimum atomic E-state index is -1.86. The number of piperidine rings is 1. The Morgan fingerprint density at radius 3 is 2.56 bits per heavy atom. The fourth-order valence-electron chi connectivity index (χ4n) is 2.60. The Morgan fingerprint density at radius 2 is 1.96 bits per heavy atom. The zero-order chi connectivity index (χ0) is 18.8. The molecule has 0 spiro atoms. The maximum Gasteiger partial charge on any atom is 0.254 e. The molecule has 1 N–H and O–H groups in total. The maximum absolute atomic E-state index is 12.7. The van der Waals surface area contributed by atoms with Gasteiger partial charge in [0, 0.05) is 24.7 Å². The molecule has 1 aliphatic rings. The van der Waals surface area contributed by atoms with E-state index >= 15 is 0 Å². The third-order valence-electron chi connectivity index (χ3n) is 5.27. The largest absolute Gasteiger partial charge is 0.415 e. The Hall–Kier alpha value is -1.73. The number of aromatic nitrogens is 1. The number of carbonyl (C=O) groups is 2. The highest BCUT2D eigenvalue weighted by Crippen LogP contribution is 2.36. The number of carbonyl (C=O) groups excluding carboxylic acids is 2. The molecule has 0 aliphatic carbocycles. The van der Waals surface area contributed by atoms with Gasteiger partial charge in [0.15, 0.2) is 8.32 Å². The first-order valence-electron chi connectivity index (χ1n) is 8.70. The van der Waals surface area contributed by atoms with E-state index in [1.165, 1.54) is 0 Å². The van der Waals surface area contributed by atoms with Gasteiger partial charge in [-0.2, -0.15) is 0 Å². The third-order valence-corrected chi connectivity index (χ3v) is 9.80. The SMILES string of the molecule is CC(C)(C)[Si](C)(C)OCCn1cccc(C2CCC(=O)NC2=O)c1=O. The van der Waals surface area contributed by atoms with Crippen molar-refractivity contribution in [3.8, 4) is 0 Å². The number of nitrogens with zero attached hydrogens (tertiary/aromatic N) is 1. The van der Waals surface area contributed by atoms with E-state index in [1.54, 1.807) is 22.9 Å². The second kappa shape index (κ2) is 7.25. The van der Waals surface area contributed by atoms with Crippen LogP contribution in [0.5, 0.6) is 0 Å². The molecule has 1 aromatic rings. The summed E-state index contributed by atoms with van der Waals surface area (Å²) >= 11 is 0. The molecule has 138 valence electrons. The van der Waals surface area contributed by atoms with Crippen molar-refractivity contribution in [1.82, 2.24) is 9.88 Å². The third kappa shape index (κ3) is 4.46. The molecule has 1 atom stereocenters. The van der Waals surface area contributed by atoms with Crippen molar-refractivity contribution in [3.63, 3.8) is 0 Å². The molecule has 2 rings (SSSR count). The summed E-state index contributed by atoms with van der Waals surface area (Å²) in [5.74, 6) is -1.22. The highest BCUT2D eigenvalue weighted by molar-refractivity contribution is 6.74. The molecule has 25 heavy (non-hydrogen) atoms. The molecule has 7 heteroatoms. The van der Waals surface area contributed by atoms with E-state index < -0.39 is 14.2 Å². The Labute approximate surface area is 149 Å². The molecule has 0 saturated carbocycles. The number of rotatable bonds is 5. The molecular formula is C18H28N2O4Si.